The number of likely N-dealkylation sites (N-methyl/N-ethyl adjacent to an activating group) is 1. The third-order valence-electron chi connectivity index (χ3n) is 7.52. The molecule has 0 radical (unpaired) electrons. The van der Waals surface area contributed by atoms with Crippen LogP contribution in [0.15, 0.2) is 45.6 Å². The van der Waals surface area contributed by atoms with Crippen LogP contribution in [0.4, 0.5) is 11.4 Å². The summed E-state index contributed by atoms with van der Waals surface area (Å²) in [6.07, 6.45) is 4.55. The lowest BCUT2D eigenvalue weighted by Gasteiger charge is -2.42. The summed E-state index contributed by atoms with van der Waals surface area (Å²) < 4.78 is 5.89. The average molecular weight is 441 g/mol. The molecule has 4 aromatic rings. The Kier molecular flexibility index (Phi) is 4.20. The highest BCUT2D eigenvalue weighted by Gasteiger charge is 2.31. The van der Waals surface area contributed by atoms with Gasteiger partial charge in [0.25, 0.3) is 0 Å². The van der Waals surface area contributed by atoms with Crippen LogP contribution in [-0.2, 0) is 6.42 Å². The number of fused-ring (bicyclic) bond motifs is 6. The maximum Gasteiger partial charge on any atom is 0.350 e. The first-order valence-electron chi connectivity index (χ1n) is 11.9. The second-order valence-corrected chi connectivity index (χ2v) is 10.1. The Labute approximate surface area is 193 Å². The summed E-state index contributed by atoms with van der Waals surface area (Å²) in [5.41, 5.74) is 8.30. The number of aromatic amines is 1. The maximum atomic E-state index is 13.1. The molecule has 2 aliphatic heterocycles. The normalized spacial score (nSPS) is 17.4. The molecule has 0 spiro atoms. The van der Waals surface area contributed by atoms with Gasteiger partial charge in [0.2, 0.25) is 11.0 Å². The molecule has 1 N–H and O–H groups in total. The van der Waals surface area contributed by atoms with Gasteiger partial charge in [-0.25, -0.2) is 9.78 Å². The van der Waals surface area contributed by atoms with E-state index in [0.29, 0.717) is 11.0 Å². The minimum absolute atomic E-state index is 0.0932. The number of hydrogen-bond donors (Lipinski definition) is 0. The number of benzene rings is 2. The summed E-state index contributed by atoms with van der Waals surface area (Å²) >= 11 is 0. The Hall–Kier alpha value is -3.34. The summed E-state index contributed by atoms with van der Waals surface area (Å²) in [7, 11) is 2.15. The fourth-order valence-corrected chi connectivity index (χ4v) is 5.98. The lowest BCUT2D eigenvalue weighted by atomic mass is 9.88. The molecule has 0 saturated carbocycles. The number of nitrogens with zero attached hydrogens (tertiary/aromatic N) is 2. The summed E-state index contributed by atoms with van der Waals surface area (Å²) in [5, 5.41) is 2.60. The van der Waals surface area contributed by atoms with E-state index in [9.17, 15) is 4.79 Å². The number of nitrogens with one attached hydrogen (secondary N) is 1. The Balaban J connectivity index is 1.68. The van der Waals surface area contributed by atoms with E-state index >= 15 is 0 Å². The minimum Gasteiger partial charge on any atom is -0.422 e. The number of rotatable bonds is 1. The average Bonchev–Trinajstić information content (AvgIpc) is 2.76. The minimum atomic E-state index is -0.296. The van der Waals surface area contributed by atoms with E-state index in [1.165, 1.54) is 22.4 Å². The first-order chi connectivity index (χ1) is 15.8. The molecule has 4 heterocycles. The van der Waals surface area contributed by atoms with Gasteiger partial charge in [-0.3, -0.25) is 0 Å². The quantitative estimate of drug-likeness (QED) is 0.228. The molecule has 5 heteroatoms. The van der Waals surface area contributed by atoms with Crippen molar-refractivity contribution in [1.82, 2.24) is 0 Å². The molecule has 0 amide bonds. The Morgan fingerprint density at radius 2 is 1.91 bits per heavy atom. The van der Waals surface area contributed by atoms with Gasteiger partial charge in [0.15, 0.2) is 0 Å². The van der Waals surface area contributed by atoms with Crippen LogP contribution in [0.5, 0.6) is 0 Å². The van der Waals surface area contributed by atoms with Crippen LogP contribution in [0.3, 0.4) is 0 Å². The lowest BCUT2D eigenvalue weighted by Crippen LogP contribution is -2.44. The first-order valence-corrected chi connectivity index (χ1v) is 11.9. The maximum absolute atomic E-state index is 13.1. The zero-order chi connectivity index (χ0) is 23.1. The molecule has 0 aliphatic carbocycles. The smallest absolute Gasteiger partial charge is 0.350 e. The highest BCUT2D eigenvalue weighted by molar-refractivity contribution is 6.05. The number of aryl methyl sites for hydroxylation is 1. The lowest BCUT2D eigenvalue weighted by molar-refractivity contribution is -0.309. The fourth-order valence-electron chi connectivity index (χ4n) is 5.98. The van der Waals surface area contributed by atoms with Crippen LogP contribution in [-0.4, -0.2) is 25.7 Å². The molecule has 0 unspecified atom stereocenters. The summed E-state index contributed by atoms with van der Waals surface area (Å²) in [4.78, 5) is 21.4. The van der Waals surface area contributed by atoms with Gasteiger partial charge >= 0.3 is 5.63 Å². The number of pyridine rings is 1. The first kappa shape index (κ1) is 20.3. The van der Waals surface area contributed by atoms with Crippen molar-refractivity contribution in [3.05, 3.63) is 58.0 Å². The number of anilines is 2. The van der Waals surface area contributed by atoms with Crippen LogP contribution in [0, 0.1) is 0 Å². The molecule has 0 fully saturated rings. The van der Waals surface area contributed by atoms with Crippen molar-refractivity contribution in [3.8, 4) is 0 Å². The van der Waals surface area contributed by atoms with Crippen molar-refractivity contribution in [2.24, 2.45) is 0 Å². The Morgan fingerprint density at radius 3 is 2.70 bits per heavy atom. The molecular weight excluding hydrogens is 410 g/mol. The van der Waals surface area contributed by atoms with Crippen LogP contribution in [0.25, 0.3) is 38.3 Å². The van der Waals surface area contributed by atoms with Gasteiger partial charge in [0.1, 0.15) is 11.0 Å². The molecule has 5 nitrogen and oxygen atoms in total. The van der Waals surface area contributed by atoms with E-state index < -0.39 is 0 Å². The fraction of sp³-hybridized carbons (Fsp3) is 0.357. The molecule has 2 aromatic heterocycles. The van der Waals surface area contributed by atoms with Crippen LogP contribution < -0.4 is 20.4 Å². The predicted octanol–water partition coefficient (Wildman–Crippen LogP) is 5.32. The Morgan fingerprint density at radius 1 is 1.09 bits per heavy atom. The summed E-state index contributed by atoms with van der Waals surface area (Å²) in [6, 6.07) is 10.7. The van der Waals surface area contributed by atoms with Gasteiger partial charge in [0.05, 0.1) is 10.9 Å². The molecule has 2 aliphatic rings. The number of allylic oxidation sites excluding steroid dienone is 1. The third-order valence-corrected chi connectivity index (χ3v) is 7.52. The molecule has 0 atom stereocenters. The van der Waals surface area contributed by atoms with Gasteiger partial charge in [-0.2, -0.15) is 0 Å². The van der Waals surface area contributed by atoms with Crippen LogP contribution in [0.2, 0.25) is 0 Å². The number of H-pyrrole nitrogens is 1. The SMILES string of the molecule is CCN1c2cc3oc(=O)c4cc5cc6c(cc5[nH+]c4c3cc2C(C)=CC1(C)C)N(C)CCC6. The van der Waals surface area contributed by atoms with E-state index in [4.69, 9.17) is 4.42 Å². The van der Waals surface area contributed by atoms with Gasteiger partial charge in [0, 0.05) is 54.6 Å². The summed E-state index contributed by atoms with van der Waals surface area (Å²) in [6.45, 7) is 10.7. The van der Waals surface area contributed by atoms with Gasteiger partial charge in [-0.1, -0.05) is 6.08 Å². The second-order valence-electron chi connectivity index (χ2n) is 10.1. The van der Waals surface area contributed by atoms with E-state index in [1.54, 1.807) is 0 Å². The molecule has 2 aromatic carbocycles. The predicted molar refractivity (Wildman–Crippen MR) is 136 cm³/mol. The number of hydrogen-bond acceptors (Lipinski definition) is 4. The van der Waals surface area contributed by atoms with Crippen molar-refractivity contribution >= 4 is 49.7 Å². The topological polar surface area (TPSA) is 50.8 Å². The van der Waals surface area contributed by atoms with E-state index in [0.717, 1.165) is 53.4 Å². The van der Waals surface area contributed by atoms with E-state index in [-0.39, 0.29) is 11.2 Å². The zero-order valence-electron chi connectivity index (χ0n) is 20.0. The van der Waals surface area contributed by atoms with Crippen molar-refractivity contribution < 1.29 is 9.40 Å². The highest BCUT2D eigenvalue weighted by atomic mass is 16.4. The van der Waals surface area contributed by atoms with Crippen molar-refractivity contribution in [1.29, 1.82) is 0 Å². The standard InChI is InChI=1S/C28H29N3O2/c1-6-31-24-14-25-20(12-19(24)16(2)15-28(31,3)4)26-21(27(32)33-25)11-18-10-17-8-7-9-30(5)23(17)13-22(18)29-26/h10-15H,6-9H2,1-5H3/p+1. The molecule has 168 valence electrons. The number of aromatic nitrogens is 1. The summed E-state index contributed by atoms with van der Waals surface area (Å²) in [5.74, 6) is 0. The monoisotopic (exact) mass is 440 g/mol. The molecule has 0 saturated heterocycles. The largest absolute Gasteiger partial charge is 0.422 e. The molecule has 6 rings (SSSR count). The highest BCUT2D eigenvalue weighted by Crippen LogP contribution is 2.41. The van der Waals surface area contributed by atoms with Gasteiger partial charge in [-0.15, -0.1) is 0 Å². The second kappa shape index (κ2) is 6.83. The van der Waals surface area contributed by atoms with Crippen molar-refractivity contribution in [2.45, 2.75) is 46.1 Å². The van der Waals surface area contributed by atoms with Gasteiger partial charge < -0.3 is 14.2 Å². The van der Waals surface area contributed by atoms with Crippen molar-refractivity contribution in [2.75, 3.05) is 29.9 Å². The van der Waals surface area contributed by atoms with E-state index in [2.05, 4.69) is 73.8 Å². The van der Waals surface area contributed by atoms with Crippen LogP contribution >= 0.6 is 0 Å². The van der Waals surface area contributed by atoms with Crippen LogP contribution in [0.1, 0.15) is 45.2 Å². The molecule has 33 heavy (non-hydrogen) atoms. The zero-order valence-corrected chi connectivity index (χ0v) is 20.0. The van der Waals surface area contributed by atoms with Crippen molar-refractivity contribution in [3.63, 3.8) is 0 Å². The molecular formula is C28H30N3O2+. The van der Waals surface area contributed by atoms with Gasteiger partial charge in [-0.05, 0) is 69.9 Å². The Bertz CT molecular complexity index is 1560. The molecule has 0 bridgehead atoms. The third kappa shape index (κ3) is 2.91. The van der Waals surface area contributed by atoms with E-state index in [1.807, 2.05) is 12.1 Å².